The van der Waals surface area contributed by atoms with Crippen LogP contribution in [-0.2, 0) is 6.54 Å². The average Bonchev–Trinajstić information content (AvgIpc) is 2.74. The predicted molar refractivity (Wildman–Crippen MR) is 117 cm³/mol. The van der Waals surface area contributed by atoms with Gasteiger partial charge in [0, 0.05) is 18.3 Å². The molecule has 5 nitrogen and oxygen atoms in total. The fraction of sp³-hybridized carbons (Fsp3) is 0.250. The molecule has 0 unspecified atom stereocenters. The molecule has 1 N–H and O–H groups in total. The number of benzene rings is 2. The second-order valence-electron chi connectivity index (χ2n) is 7.03. The molecule has 3 aromatic rings. The van der Waals surface area contributed by atoms with Crippen LogP contribution in [0.2, 0.25) is 0 Å². The molecule has 0 bridgehead atoms. The Bertz CT molecular complexity index is 907. The third-order valence-electron chi connectivity index (χ3n) is 4.52. The highest BCUT2D eigenvalue weighted by Gasteiger charge is 2.20. The van der Waals surface area contributed by atoms with Crippen LogP contribution < -0.4 is 10.1 Å². The van der Waals surface area contributed by atoms with Gasteiger partial charge in [0.15, 0.2) is 0 Å². The summed E-state index contributed by atoms with van der Waals surface area (Å²) in [6.45, 7) is 7.20. The first-order valence-corrected chi connectivity index (χ1v) is 9.87. The smallest absolute Gasteiger partial charge is 0.272 e. The van der Waals surface area contributed by atoms with E-state index in [2.05, 4.69) is 10.3 Å². The van der Waals surface area contributed by atoms with E-state index in [1.54, 1.807) is 12.3 Å². The molecule has 0 aliphatic heterocycles. The zero-order valence-corrected chi connectivity index (χ0v) is 17.1. The maximum Gasteiger partial charge on any atom is 0.272 e. The fourth-order valence-corrected chi connectivity index (χ4v) is 2.98. The number of carbonyl (C=O) groups is 1. The van der Waals surface area contributed by atoms with Crippen LogP contribution in [0.15, 0.2) is 72.9 Å². The van der Waals surface area contributed by atoms with Gasteiger partial charge in [-0.15, -0.1) is 0 Å². The summed E-state index contributed by atoms with van der Waals surface area (Å²) in [5.41, 5.74) is 3.29. The molecule has 3 rings (SSSR count). The van der Waals surface area contributed by atoms with Gasteiger partial charge in [0.1, 0.15) is 11.4 Å². The van der Waals surface area contributed by atoms with Gasteiger partial charge >= 0.3 is 0 Å². The van der Waals surface area contributed by atoms with E-state index < -0.39 is 0 Å². The number of pyridine rings is 1. The van der Waals surface area contributed by atoms with Crippen LogP contribution in [-0.4, -0.2) is 28.4 Å². The molecule has 2 aromatic carbocycles. The molecule has 0 fully saturated rings. The molecule has 5 heteroatoms. The van der Waals surface area contributed by atoms with Crippen molar-refractivity contribution in [1.29, 1.82) is 0 Å². The highest BCUT2D eigenvalue weighted by molar-refractivity contribution is 5.92. The molecule has 1 aromatic heterocycles. The van der Waals surface area contributed by atoms with Gasteiger partial charge in [-0.25, -0.2) is 4.98 Å². The number of hydrogen-bond acceptors (Lipinski definition) is 4. The van der Waals surface area contributed by atoms with E-state index in [0.29, 0.717) is 18.8 Å². The number of nitrogens with zero attached hydrogens (tertiary/aromatic N) is 2. The summed E-state index contributed by atoms with van der Waals surface area (Å²) in [5.74, 6) is 0.765. The summed E-state index contributed by atoms with van der Waals surface area (Å²) in [6.07, 6.45) is 1.69. The monoisotopic (exact) mass is 389 g/mol. The van der Waals surface area contributed by atoms with Crippen LogP contribution in [0.25, 0.3) is 0 Å². The lowest BCUT2D eigenvalue weighted by Gasteiger charge is -2.26. The van der Waals surface area contributed by atoms with Crippen molar-refractivity contribution < 1.29 is 9.53 Å². The number of hydrogen-bond donors (Lipinski definition) is 1. The second kappa shape index (κ2) is 9.73. The van der Waals surface area contributed by atoms with Crippen molar-refractivity contribution in [3.63, 3.8) is 0 Å². The molecule has 0 saturated carbocycles. The van der Waals surface area contributed by atoms with Crippen molar-refractivity contribution >= 4 is 17.3 Å². The molecular formula is C24H27N3O2. The normalized spacial score (nSPS) is 10.6. The van der Waals surface area contributed by atoms with Crippen LogP contribution in [0.5, 0.6) is 5.75 Å². The quantitative estimate of drug-likeness (QED) is 0.570. The number of rotatable bonds is 8. The zero-order chi connectivity index (χ0) is 20.6. The summed E-state index contributed by atoms with van der Waals surface area (Å²) in [7, 11) is 0. The minimum absolute atomic E-state index is 0.0727. The predicted octanol–water partition coefficient (Wildman–Crippen LogP) is 5.27. The molecule has 0 aliphatic rings. The van der Waals surface area contributed by atoms with Crippen LogP contribution in [0, 0.1) is 0 Å². The van der Waals surface area contributed by atoms with Crippen LogP contribution in [0.4, 0.5) is 11.4 Å². The SMILES string of the molecule is CCOc1ccc(Nc2ccc(C(=O)N(Cc3ccccc3)C(C)C)nc2)cc1. The number of ether oxygens (including phenoxy) is 1. The van der Waals surface area contributed by atoms with Crippen molar-refractivity contribution in [2.45, 2.75) is 33.4 Å². The van der Waals surface area contributed by atoms with Crippen molar-refractivity contribution in [3.8, 4) is 5.75 Å². The van der Waals surface area contributed by atoms with Gasteiger partial charge in [0.05, 0.1) is 18.5 Å². The van der Waals surface area contributed by atoms with Crippen LogP contribution >= 0.6 is 0 Å². The Morgan fingerprint density at radius 2 is 1.69 bits per heavy atom. The Balaban J connectivity index is 1.68. The second-order valence-corrected chi connectivity index (χ2v) is 7.03. The minimum Gasteiger partial charge on any atom is -0.494 e. The minimum atomic E-state index is -0.0727. The van der Waals surface area contributed by atoms with Gasteiger partial charge in [0.25, 0.3) is 5.91 Å². The van der Waals surface area contributed by atoms with Crippen molar-refractivity contribution in [2.24, 2.45) is 0 Å². The molecule has 1 amide bonds. The largest absolute Gasteiger partial charge is 0.494 e. The topological polar surface area (TPSA) is 54.5 Å². The van der Waals surface area contributed by atoms with Crippen molar-refractivity contribution in [2.75, 3.05) is 11.9 Å². The van der Waals surface area contributed by atoms with Crippen molar-refractivity contribution in [3.05, 3.63) is 84.2 Å². The highest BCUT2D eigenvalue weighted by atomic mass is 16.5. The van der Waals surface area contributed by atoms with E-state index in [1.807, 2.05) is 86.3 Å². The summed E-state index contributed by atoms with van der Waals surface area (Å²) in [4.78, 5) is 19.2. The third-order valence-corrected chi connectivity index (χ3v) is 4.52. The zero-order valence-electron chi connectivity index (χ0n) is 17.1. The average molecular weight is 389 g/mol. The standard InChI is InChI=1S/C24H27N3O2/c1-4-29-22-13-10-20(11-14-22)26-21-12-15-23(25-16-21)24(28)27(18(2)3)17-19-8-6-5-7-9-19/h5-16,18,26H,4,17H2,1-3H3. The molecular weight excluding hydrogens is 362 g/mol. The fourth-order valence-electron chi connectivity index (χ4n) is 2.98. The third kappa shape index (κ3) is 5.57. The number of aromatic nitrogens is 1. The molecule has 0 spiro atoms. The first kappa shape index (κ1) is 20.4. The van der Waals surface area contributed by atoms with E-state index in [4.69, 9.17) is 4.74 Å². The summed E-state index contributed by atoms with van der Waals surface area (Å²) < 4.78 is 5.46. The van der Waals surface area contributed by atoms with Gasteiger partial charge in [-0.3, -0.25) is 4.79 Å². The van der Waals surface area contributed by atoms with Crippen LogP contribution in [0.3, 0.4) is 0 Å². The van der Waals surface area contributed by atoms with Gasteiger partial charge in [-0.2, -0.15) is 0 Å². The lowest BCUT2D eigenvalue weighted by atomic mass is 10.1. The number of carbonyl (C=O) groups excluding carboxylic acids is 1. The van der Waals surface area contributed by atoms with Crippen LogP contribution in [0.1, 0.15) is 36.8 Å². The van der Waals surface area contributed by atoms with E-state index >= 15 is 0 Å². The molecule has 0 aliphatic carbocycles. The summed E-state index contributed by atoms with van der Waals surface area (Å²) in [6, 6.07) is 21.4. The van der Waals surface area contributed by atoms with Gasteiger partial charge < -0.3 is 15.0 Å². The molecule has 0 atom stereocenters. The maximum absolute atomic E-state index is 13.0. The Morgan fingerprint density at radius 1 is 1.00 bits per heavy atom. The Kier molecular flexibility index (Phi) is 6.85. The van der Waals surface area contributed by atoms with E-state index in [1.165, 1.54) is 0 Å². The highest BCUT2D eigenvalue weighted by Crippen LogP contribution is 2.20. The first-order valence-electron chi connectivity index (χ1n) is 9.87. The first-order chi connectivity index (χ1) is 14.1. The lowest BCUT2D eigenvalue weighted by Crippen LogP contribution is -2.36. The molecule has 1 heterocycles. The Morgan fingerprint density at radius 3 is 2.28 bits per heavy atom. The molecule has 29 heavy (non-hydrogen) atoms. The van der Waals surface area contributed by atoms with Gasteiger partial charge in [-0.1, -0.05) is 30.3 Å². The summed E-state index contributed by atoms with van der Waals surface area (Å²) in [5, 5.41) is 3.29. The summed E-state index contributed by atoms with van der Waals surface area (Å²) >= 11 is 0. The number of anilines is 2. The van der Waals surface area contributed by atoms with Gasteiger partial charge in [-0.05, 0) is 62.7 Å². The molecule has 0 saturated heterocycles. The van der Waals surface area contributed by atoms with Crippen molar-refractivity contribution in [1.82, 2.24) is 9.88 Å². The Labute approximate surface area is 172 Å². The van der Waals surface area contributed by atoms with E-state index in [9.17, 15) is 4.79 Å². The Hall–Kier alpha value is -3.34. The van der Waals surface area contributed by atoms with Gasteiger partial charge in [0.2, 0.25) is 0 Å². The molecule has 0 radical (unpaired) electrons. The molecule has 150 valence electrons. The van der Waals surface area contributed by atoms with E-state index in [-0.39, 0.29) is 11.9 Å². The number of amides is 1. The number of nitrogens with one attached hydrogen (secondary N) is 1. The van der Waals surface area contributed by atoms with E-state index in [0.717, 1.165) is 22.7 Å². The maximum atomic E-state index is 13.0. The lowest BCUT2D eigenvalue weighted by molar-refractivity contribution is 0.0684.